The van der Waals surface area contributed by atoms with Gasteiger partial charge in [0.05, 0.1) is 11.9 Å². The van der Waals surface area contributed by atoms with Crippen LogP contribution >= 0.6 is 0 Å². The maximum atomic E-state index is 13.7. The van der Waals surface area contributed by atoms with Gasteiger partial charge in [-0.1, -0.05) is 12.1 Å². The SMILES string of the molecule is COc1cccc(-c2nc([C@H]3CC[C@H](NS(=O)(=O)C(C)(C)C)CC3)[nH]c2C(F)(F)F)c1. The van der Waals surface area contributed by atoms with Crippen molar-refractivity contribution >= 4 is 10.0 Å². The third kappa shape index (κ3) is 5.23. The molecule has 1 aliphatic carbocycles. The second-order valence-corrected chi connectivity index (χ2v) is 11.3. The maximum Gasteiger partial charge on any atom is 0.433 e. The lowest BCUT2D eigenvalue weighted by molar-refractivity contribution is -0.140. The summed E-state index contributed by atoms with van der Waals surface area (Å²) in [6, 6.07) is 6.14. The van der Waals surface area contributed by atoms with E-state index >= 15 is 0 Å². The van der Waals surface area contributed by atoms with Gasteiger partial charge in [-0.15, -0.1) is 0 Å². The van der Waals surface area contributed by atoms with Gasteiger partial charge in [0.25, 0.3) is 0 Å². The van der Waals surface area contributed by atoms with Crippen LogP contribution < -0.4 is 9.46 Å². The number of hydrogen-bond acceptors (Lipinski definition) is 4. The van der Waals surface area contributed by atoms with Crippen LogP contribution in [0.15, 0.2) is 24.3 Å². The number of imidazole rings is 1. The fourth-order valence-electron chi connectivity index (χ4n) is 3.65. The molecule has 0 aliphatic heterocycles. The van der Waals surface area contributed by atoms with Gasteiger partial charge in [0.2, 0.25) is 10.0 Å². The number of benzene rings is 1. The summed E-state index contributed by atoms with van der Waals surface area (Å²) >= 11 is 0. The summed E-state index contributed by atoms with van der Waals surface area (Å²) in [5.41, 5.74) is -0.718. The van der Waals surface area contributed by atoms with E-state index in [0.717, 1.165) is 0 Å². The summed E-state index contributed by atoms with van der Waals surface area (Å²) in [6.07, 6.45) is -2.42. The number of H-pyrrole nitrogens is 1. The maximum absolute atomic E-state index is 13.7. The van der Waals surface area contributed by atoms with E-state index in [1.165, 1.54) is 13.2 Å². The molecule has 10 heteroatoms. The Labute approximate surface area is 180 Å². The number of sulfonamides is 1. The highest BCUT2D eigenvalue weighted by Gasteiger charge is 2.39. The molecule has 1 aliphatic rings. The van der Waals surface area contributed by atoms with E-state index in [9.17, 15) is 21.6 Å². The summed E-state index contributed by atoms with van der Waals surface area (Å²) in [5.74, 6) is 0.528. The standard InChI is InChI=1S/C21H28F3N3O3S/c1-20(2,3)31(28,29)27-15-10-8-13(9-11-15)19-25-17(18(26-19)21(22,23)24)14-6-5-7-16(12-14)30-4/h5-7,12-13,15,27H,8-11H2,1-4H3,(H,25,26)/t13-,15-. The summed E-state index contributed by atoms with van der Waals surface area (Å²) in [6.45, 7) is 4.88. The van der Waals surface area contributed by atoms with Crippen LogP contribution in [-0.4, -0.2) is 36.3 Å². The first-order chi connectivity index (χ1) is 14.3. The molecule has 2 aromatic rings. The van der Waals surface area contributed by atoms with Gasteiger partial charge in [-0.2, -0.15) is 13.2 Å². The molecule has 0 atom stereocenters. The highest BCUT2D eigenvalue weighted by Crippen LogP contribution is 2.40. The van der Waals surface area contributed by atoms with Crippen molar-refractivity contribution in [3.05, 3.63) is 35.8 Å². The number of nitrogens with zero attached hydrogens (tertiary/aromatic N) is 1. The Morgan fingerprint density at radius 2 is 1.77 bits per heavy atom. The van der Waals surface area contributed by atoms with E-state index in [1.807, 2.05) is 0 Å². The minimum absolute atomic E-state index is 0.156. The Morgan fingerprint density at radius 3 is 2.32 bits per heavy atom. The van der Waals surface area contributed by atoms with Gasteiger partial charge in [-0.05, 0) is 58.6 Å². The minimum Gasteiger partial charge on any atom is -0.497 e. The predicted octanol–water partition coefficient (Wildman–Crippen LogP) is 4.85. The van der Waals surface area contributed by atoms with Gasteiger partial charge < -0.3 is 9.72 Å². The zero-order valence-electron chi connectivity index (χ0n) is 18.0. The molecule has 1 saturated carbocycles. The van der Waals surface area contributed by atoms with Gasteiger partial charge in [-0.25, -0.2) is 18.1 Å². The van der Waals surface area contributed by atoms with Crippen molar-refractivity contribution < 1.29 is 26.3 Å². The van der Waals surface area contributed by atoms with Crippen molar-refractivity contribution in [2.24, 2.45) is 0 Å². The van der Waals surface area contributed by atoms with Crippen molar-refractivity contribution in [2.75, 3.05) is 7.11 Å². The number of methoxy groups -OCH3 is 1. The Hall–Kier alpha value is -2.07. The predicted molar refractivity (Wildman–Crippen MR) is 112 cm³/mol. The third-order valence-corrected chi connectivity index (χ3v) is 7.85. The molecule has 31 heavy (non-hydrogen) atoms. The van der Waals surface area contributed by atoms with Crippen molar-refractivity contribution in [2.45, 2.75) is 69.3 Å². The molecule has 1 fully saturated rings. The van der Waals surface area contributed by atoms with E-state index in [4.69, 9.17) is 4.74 Å². The normalized spacial score (nSPS) is 20.6. The molecule has 0 saturated heterocycles. The lowest BCUT2D eigenvalue weighted by Crippen LogP contribution is -2.45. The highest BCUT2D eigenvalue weighted by molar-refractivity contribution is 7.90. The Balaban J connectivity index is 1.81. The molecule has 172 valence electrons. The smallest absolute Gasteiger partial charge is 0.433 e. The van der Waals surface area contributed by atoms with Crippen molar-refractivity contribution in [3.63, 3.8) is 0 Å². The first-order valence-corrected chi connectivity index (χ1v) is 11.6. The Kier molecular flexibility index (Phi) is 6.44. The molecule has 1 heterocycles. The quantitative estimate of drug-likeness (QED) is 0.670. The average molecular weight is 460 g/mol. The lowest BCUT2D eigenvalue weighted by Gasteiger charge is -2.30. The van der Waals surface area contributed by atoms with Crippen LogP contribution in [0.1, 0.15) is 63.9 Å². The second-order valence-electron chi connectivity index (χ2n) is 8.86. The average Bonchev–Trinajstić information content (AvgIpc) is 3.13. The van der Waals surface area contributed by atoms with E-state index in [-0.39, 0.29) is 23.5 Å². The van der Waals surface area contributed by atoms with E-state index < -0.39 is 26.6 Å². The largest absolute Gasteiger partial charge is 0.497 e. The zero-order valence-corrected chi connectivity index (χ0v) is 18.8. The molecule has 0 spiro atoms. The molecule has 0 unspecified atom stereocenters. The van der Waals surface area contributed by atoms with Gasteiger partial charge in [-0.3, -0.25) is 0 Å². The fraction of sp³-hybridized carbons (Fsp3) is 0.571. The van der Waals surface area contributed by atoms with E-state index in [1.54, 1.807) is 39.0 Å². The highest BCUT2D eigenvalue weighted by atomic mass is 32.2. The van der Waals surface area contributed by atoms with Crippen LogP contribution in [0.4, 0.5) is 13.2 Å². The molecule has 6 nitrogen and oxygen atoms in total. The lowest BCUT2D eigenvalue weighted by atomic mass is 9.86. The summed E-state index contributed by atoms with van der Waals surface area (Å²) in [4.78, 5) is 6.81. The summed E-state index contributed by atoms with van der Waals surface area (Å²) in [5, 5.41) is 0. The number of nitrogens with one attached hydrogen (secondary N) is 2. The zero-order chi connectivity index (χ0) is 23.0. The van der Waals surface area contributed by atoms with Crippen molar-refractivity contribution in [1.82, 2.24) is 14.7 Å². The van der Waals surface area contributed by atoms with E-state index in [0.29, 0.717) is 37.0 Å². The molecular formula is C21H28F3N3O3S. The van der Waals surface area contributed by atoms with Crippen LogP contribution in [0, 0.1) is 0 Å². The van der Waals surface area contributed by atoms with Crippen molar-refractivity contribution in [3.8, 4) is 17.0 Å². The Bertz CT molecular complexity index is 1020. The van der Waals surface area contributed by atoms with Crippen LogP contribution in [-0.2, 0) is 16.2 Å². The fourth-order valence-corrected chi connectivity index (χ4v) is 4.68. The number of alkyl halides is 3. The van der Waals surface area contributed by atoms with Gasteiger partial charge in [0, 0.05) is 17.5 Å². The number of aromatic nitrogens is 2. The third-order valence-electron chi connectivity index (χ3n) is 5.59. The first-order valence-electron chi connectivity index (χ1n) is 10.1. The molecule has 1 aromatic carbocycles. The molecule has 0 radical (unpaired) electrons. The number of aromatic amines is 1. The molecule has 0 amide bonds. The second kappa shape index (κ2) is 8.46. The number of rotatable bonds is 5. The van der Waals surface area contributed by atoms with Gasteiger partial charge in [0.15, 0.2) is 0 Å². The van der Waals surface area contributed by atoms with Crippen LogP contribution in [0.3, 0.4) is 0 Å². The monoisotopic (exact) mass is 459 g/mol. The topological polar surface area (TPSA) is 84.1 Å². The van der Waals surface area contributed by atoms with E-state index in [2.05, 4.69) is 14.7 Å². The number of ether oxygens (including phenoxy) is 1. The molecule has 2 N–H and O–H groups in total. The summed E-state index contributed by atoms with van der Waals surface area (Å²) < 4.78 is 72.7. The molecular weight excluding hydrogens is 431 g/mol. The van der Waals surface area contributed by atoms with Crippen molar-refractivity contribution in [1.29, 1.82) is 0 Å². The first kappa shape index (κ1) is 23.6. The van der Waals surface area contributed by atoms with Gasteiger partial charge in [0.1, 0.15) is 23.0 Å². The number of halogens is 3. The molecule has 0 bridgehead atoms. The number of hydrogen-bond donors (Lipinski definition) is 2. The summed E-state index contributed by atoms with van der Waals surface area (Å²) in [7, 11) is -2.03. The molecule has 3 rings (SSSR count). The Morgan fingerprint density at radius 1 is 1.13 bits per heavy atom. The van der Waals surface area contributed by atoms with Crippen LogP contribution in [0.2, 0.25) is 0 Å². The molecule has 1 aromatic heterocycles. The van der Waals surface area contributed by atoms with Crippen LogP contribution in [0.25, 0.3) is 11.3 Å². The van der Waals surface area contributed by atoms with Crippen LogP contribution in [0.5, 0.6) is 5.75 Å². The van der Waals surface area contributed by atoms with Gasteiger partial charge >= 0.3 is 6.18 Å². The minimum atomic E-state index is -4.58.